The average molecular weight is 628 g/mol. The van der Waals surface area contributed by atoms with E-state index in [4.69, 9.17) is 14.2 Å². The molecular formula is C35H41N5O6. The highest BCUT2D eigenvalue weighted by molar-refractivity contribution is 5.98. The Morgan fingerprint density at radius 1 is 1.04 bits per heavy atom. The van der Waals surface area contributed by atoms with Crippen LogP contribution in [0, 0.1) is 12.8 Å². The van der Waals surface area contributed by atoms with Crippen molar-refractivity contribution in [3.63, 3.8) is 0 Å². The molecule has 0 fully saturated rings. The van der Waals surface area contributed by atoms with Crippen LogP contribution in [0.1, 0.15) is 56.6 Å². The van der Waals surface area contributed by atoms with Crippen molar-refractivity contribution in [1.29, 1.82) is 0 Å². The highest BCUT2D eigenvalue weighted by Crippen LogP contribution is 2.50. The maximum Gasteiger partial charge on any atom is 0.247 e. The van der Waals surface area contributed by atoms with Crippen molar-refractivity contribution in [3.8, 4) is 28.4 Å². The second kappa shape index (κ2) is 13.5. The number of imidazole rings is 1. The summed E-state index contributed by atoms with van der Waals surface area (Å²) in [6.07, 6.45) is 1.84. The summed E-state index contributed by atoms with van der Waals surface area (Å²) < 4.78 is 17.2. The second-order valence-corrected chi connectivity index (χ2v) is 11.6. The summed E-state index contributed by atoms with van der Waals surface area (Å²) in [5, 5.41) is 9.29. The van der Waals surface area contributed by atoms with E-state index >= 15 is 0 Å². The van der Waals surface area contributed by atoms with Crippen LogP contribution in [0.4, 0.5) is 11.4 Å². The van der Waals surface area contributed by atoms with Crippen molar-refractivity contribution in [2.75, 3.05) is 32.0 Å². The molecular weight excluding hydrogens is 586 g/mol. The molecule has 1 aliphatic rings. The Hall–Kier alpha value is -5.06. The summed E-state index contributed by atoms with van der Waals surface area (Å²) in [5.74, 6) is 1.62. The van der Waals surface area contributed by atoms with Crippen molar-refractivity contribution in [1.82, 2.24) is 15.3 Å². The standard InChI is InChI=1S/C35H41N5O6/c1-8-18(2)32(35(43)39-22-10-13-26-28(16-22)37-19(3)36-26)40-27-14-11-23-24(17-29(27)42)25(38-20(4)41)12-9-21-15-30(44-5)33(45-6)34(46-7)31(21)23/h10-11,13-18,25,32H,8-9,12H2,1-7H3,(H,36,37)(H,38,41)(H,39,43)(H,40,42)/t18-,25+,32+/m0/s1. The van der Waals surface area contributed by atoms with E-state index in [9.17, 15) is 14.4 Å². The van der Waals surface area contributed by atoms with Gasteiger partial charge in [-0.2, -0.15) is 0 Å². The van der Waals surface area contributed by atoms with Gasteiger partial charge in [-0.15, -0.1) is 0 Å². The van der Waals surface area contributed by atoms with Crippen LogP contribution in [0.3, 0.4) is 0 Å². The summed E-state index contributed by atoms with van der Waals surface area (Å²) in [4.78, 5) is 47.5. The molecule has 11 nitrogen and oxygen atoms in total. The van der Waals surface area contributed by atoms with Crippen molar-refractivity contribution in [3.05, 3.63) is 69.6 Å². The van der Waals surface area contributed by atoms with E-state index in [2.05, 4.69) is 25.9 Å². The quantitative estimate of drug-likeness (QED) is 0.180. The molecule has 1 aromatic heterocycles. The minimum absolute atomic E-state index is 0.106. The third-order valence-corrected chi connectivity index (χ3v) is 8.59. The lowest BCUT2D eigenvalue weighted by atomic mass is 9.95. The third-order valence-electron chi connectivity index (χ3n) is 8.59. The van der Waals surface area contributed by atoms with Gasteiger partial charge in [-0.1, -0.05) is 26.3 Å². The molecule has 4 N–H and O–H groups in total. The van der Waals surface area contributed by atoms with Gasteiger partial charge in [-0.25, -0.2) is 4.98 Å². The van der Waals surface area contributed by atoms with Gasteiger partial charge in [0, 0.05) is 18.2 Å². The van der Waals surface area contributed by atoms with Crippen LogP contribution < -0.4 is 35.6 Å². The number of anilines is 2. The highest BCUT2D eigenvalue weighted by atomic mass is 16.5. The van der Waals surface area contributed by atoms with Gasteiger partial charge in [0.05, 0.1) is 44.1 Å². The van der Waals surface area contributed by atoms with Gasteiger partial charge in [0.2, 0.25) is 23.0 Å². The summed E-state index contributed by atoms with van der Waals surface area (Å²) in [6.45, 7) is 7.30. The third kappa shape index (κ3) is 6.35. The monoisotopic (exact) mass is 627 g/mol. The van der Waals surface area contributed by atoms with Crippen molar-refractivity contribution in [2.45, 2.75) is 59.0 Å². The zero-order valence-corrected chi connectivity index (χ0v) is 27.3. The number of rotatable bonds is 10. The lowest BCUT2D eigenvalue weighted by Gasteiger charge is -2.24. The molecule has 5 rings (SSSR count). The lowest BCUT2D eigenvalue weighted by Crippen LogP contribution is -2.40. The van der Waals surface area contributed by atoms with Crippen LogP contribution in [0.25, 0.3) is 22.2 Å². The molecule has 0 unspecified atom stereocenters. The van der Waals surface area contributed by atoms with Gasteiger partial charge in [0.25, 0.3) is 0 Å². The van der Waals surface area contributed by atoms with E-state index in [1.54, 1.807) is 33.5 Å². The number of methoxy groups -OCH3 is 3. The molecule has 242 valence electrons. The zero-order chi connectivity index (χ0) is 33.1. The van der Waals surface area contributed by atoms with Crippen molar-refractivity contribution >= 4 is 34.2 Å². The van der Waals surface area contributed by atoms with Crippen molar-refractivity contribution < 1.29 is 23.8 Å². The predicted molar refractivity (Wildman–Crippen MR) is 179 cm³/mol. The van der Waals surface area contributed by atoms with Crippen LogP contribution in [0.2, 0.25) is 0 Å². The van der Waals surface area contributed by atoms with Crippen LogP contribution in [0.5, 0.6) is 17.2 Å². The number of carbonyl (C=O) groups excluding carboxylic acids is 2. The molecule has 0 bridgehead atoms. The first-order valence-corrected chi connectivity index (χ1v) is 15.4. The number of nitrogens with zero attached hydrogens (tertiary/aromatic N) is 1. The van der Waals surface area contributed by atoms with Crippen LogP contribution in [-0.2, 0) is 16.0 Å². The number of amides is 2. The van der Waals surface area contributed by atoms with Crippen LogP contribution in [-0.4, -0.2) is 49.2 Å². The molecule has 3 aromatic carbocycles. The van der Waals surface area contributed by atoms with E-state index in [1.165, 1.54) is 6.92 Å². The van der Waals surface area contributed by atoms with Gasteiger partial charge < -0.3 is 35.1 Å². The normalized spacial score (nSPS) is 15.1. The number of hydrogen-bond acceptors (Lipinski definition) is 8. The maximum atomic E-state index is 13.9. The summed E-state index contributed by atoms with van der Waals surface area (Å²) in [7, 11) is 4.67. The van der Waals surface area contributed by atoms with Crippen LogP contribution in [0.15, 0.2) is 47.3 Å². The molecule has 11 heteroatoms. The fourth-order valence-electron chi connectivity index (χ4n) is 6.13. The summed E-state index contributed by atoms with van der Waals surface area (Å²) in [5.41, 5.74) is 5.24. The topological polar surface area (TPSA) is 144 Å². The SMILES string of the molecule is CC[C@H](C)[C@@H](Nc1ccc2c(cc1=O)[C@H](NC(C)=O)CCc1cc(OC)c(OC)c(OC)c1-2)C(=O)Nc1ccc2nc(C)[nH]c2c1. The Balaban J connectivity index is 1.59. The van der Waals surface area contributed by atoms with E-state index in [-0.39, 0.29) is 28.8 Å². The molecule has 2 amide bonds. The molecule has 3 atom stereocenters. The lowest BCUT2D eigenvalue weighted by molar-refractivity contribution is -0.120. The van der Waals surface area contributed by atoms with Gasteiger partial charge in [-0.05, 0) is 78.8 Å². The van der Waals surface area contributed by atoms with E-state index < -0.39 is 12.1 Å². The van der Waals surface area contributed by atoms with Gasteiger partial charge in [0.15, 0.2) is 11.5 Å². The number of H-pyrrole nitrogens is 1. The number of aryl methyl sites for hydroxylation is 2. The molecule has 0 saturated carbocycles. The fourth-order valence-corrected chi connectivity index (χ4v) is 6.13. The number of benzene rings is 2. The van der Waals surface area contributed by atoms with Crippen LogP contribution >= 0.6 is 0 Å². The van der Waals surface area contributed by atoms with E-state index in [0.29, 0.717) is 53.3 Å². The first kappa shape index (κ1) is 32.3. The molecule has 0 aliphatic heterocycles. The summed E-state index contributed by atoms with van der Waals surface area (Å²) >= 11 is 0. The molecule has 1 heterocycles. The van der Waals surface area contributed by atoms with Crippen molar-refractivity contribution in [2.24, 2.45) is 5.92 Å². The molecule has 1 aliphatic carbocycles. The Kier molecular flexibility index (Phi) is 9.50. The Morgan fingerprint density at radius 3 is 2.48 bits per heavy atom. The number of hydrogen-bond donors (Lipinski definition) is 4. The Bertz CT molecular complexity index is 1850. The molecule has 0 radical (unpaired) electrons. The zero-order valence-electron chi connectivity index (χ0n) is 27.3. The van der Waals surface area contributed by atoms with Gasteiger partial charge in [-0.3, -0.25) is 14.4 Å². The van der Waals surface area contributed by atoms with Gasteiger partial charge in [0.1, 0.15) is 11.9 Å². The Labute approximate surface area is 268 Å². The Morgan fingerprint density at radius 2 is 1.80 bits per heavy atom. The number of aromatic amines is 1. The van der Waals surface area contributed by atoms with E-state index in [1.807, 2.05) is 51.1 Å². The molecule has 46 heavy (non-hydrogen) atoms. The maximum absolute atomic E-state index is 13.9. The fraction of sp³-hybridized carbons (Fsp3) is 0.371. The number of nitrogens with one attached hydrogen (secondary N) is 4. The minimum atomic E-state index is -0.712. The first-order valence-electron chi connectivity index (χ1n) is 15.4. The van der Waals surface area contributed by atoms with E-state index in [0.717, 1.165) is 28.0 Å². The summed E-state index contributed by atoms with van der Waals surface area (Å²) in [6, 6.07) is 11.3. The second-order valence-electron chi connectivity index (χ2n) is 11.6. The highest BCUT2D eigenvalue weighted by Gasteiger charge is 2.30. The minimum Gasteiger partial charge on any atom is -0.493 e. The number of fused-ring (bicyclic) bond motifs is 4. The smallest absolute Gasteiger partial charge is 0.247 e. The molecule has 0 spiro atoms. The molecule has 4 aromatic rings. The predicted octanol–water partition coefficient (Wildman–Crippen LogP) is 5.51. The van der Waals surface area contributed by atoms with Gasteiger partial charge >= 0.3 is 0 Å². The largest absolute Gasteiger partial charge is 0.493 e. The first-order chi connectivity index (χ1) is 22.1. The number of ether oxygens (including phenoxy) is 3. The number of carbonyl (C=O) groups is 2. The average Bonchev–Trinajstić information content (AvgIpc) is 3.25. The molecule has 0 saturated heterocycles. The number of aromatic nitrogens is 2.